The minimum Gasteiger partial charge on any atom is -0.478 e. The highest BCUT2D eigenvalue weighted by Gasteiger charge is 2.28. The summed E-state index contributed by atoms with van der Waals surface area (Å²) in [5.74, 6) is -1.39. The third-order valence-electron chi connectivity index (χ3n) is 3.30. The van der Waals surface area contributed by atoms with Gasteiger partial charge >= 0.3 is 5.97 Å². The summed E-state index contributed by atoms with van der Waals surface area (Å²) in [5, 5.41) is 12.7. The average molecular weight is 325 g/mol. The van der Waals surface area contributed by atoms with E-state index in [0.717, 1.165) is 17.7 Å². The quantitative estimate of drug-likeness (QED) is 0.898. The molecule has 2 N–H and O–H groups in total. The van der Waals surface area contributed by atoms with E-state index in [2.05, 4.69) is 5.32 Å². The van der Waals surface area contributed by atoms with E-state index in [4.69, 9.17) is 16.7 Å². The molecule has 0 saturated heterocycles. The lowest BCUT2D eigenvalue weighted by molar-refractivity contribution is 0.0698. The highest BCUT2D eigenvalue weighted by Crippen LogP contribution is 2.38. The lowest BCUT2D eigenvalue weighted by Gasteiger charge is -2.08. The van der Waals surface area contributed by atoms with Crippen LogP contribution in [0.25, 0.3) is 0 Å². The summed E-state index contributed by atoms with van der Waals surface area (Å²) in [4.78, 5) is 24.4. The van der Waals surface area contributed by atoms with Crippen LogP contribution in [0, 0.1) is 6.92 Å². The molecule has 1 fully saturated rings. The molecule has 110 valence electrons. The number of carboxylic acid groups (broad SMARTS) is 1. The lowest BCUT2D eigenvalue weighted by Crippen LogP contribution is -2.17. The van der Waals surface area contributed by atoms with Gasteiger partial charge in [-0.15, -0.1) is 11.3 Å². The van der Waals surface area contributed by atoms with Gasteiger partial charge in [0.2, 0.25) is 0 Å². The topological polar surface area (TPSA) is 71.3 Å². The van der Waals surface area contributed by atoms with Crippen molar-refractivity contribution in [1.82, 2.24) is 4.57 Å². The van der Waals surface area contributed by atoms with Crippen LogP contribution in [0.3, 0.4) is 0 Å². The lowest BCUT2D eigenvalue weighted by atomic mass is 10.3. The van der Waals surface area contributed by atoms with Gasteiger partial charge in [0.25, 0.3) is 5.91 Å². The molecule has 1 amide bonds. The first-order valence-electron chi connectivity index (χ1n) is 6.48. The first-order chi connectivity index (χ1) is 9.95. The van der Waals surface area contributed by atoms with Gasteiger partial charge in [0.05, 0.1) is 10.6 Å². The Bertz CT molecular complexity index is 731. The van der Waals surface area contributed by atoms with Crippen molar-refractivity contribution in [2.24, 2.45) is 0 Å². The van der Waals surface area contributed by atoms with Crippen molar-refractivity contribution in [3.8, 4) is 0 Å². The first-order valence-corrected chi connectivity index (χ1v) is 7.67. The fourth-order valence-corrected chi connectivity index (χ4v) is 3.32. The largest absolute Gasteiger partial charge is 0.478 e. The van der Waals surface area contributed by atoms with Crippen molar-refractivity contribution in [3.63, 3.8) is 0 Å². The van der Waals surface area contributed by atoms with Crippen molar-refractivity contribution in [1.29, 1.82) is 0 Å². The Labute approximate surface area is 130 Å². The summed E-state index contributed by atoms with van der Waals surface area (Å²) < 4.78 is 1.86. The molecule has 3 rings (SSSR count). The van der Waals surface area contributed by atoms with Crippen LogP contribution in [-0.4, -0.2) is 21.6 Å². The van der Waals surface area contributed by atoms with Gasteiger partial charge in [0.15, 0.2) is 0 Å². The van der Waals surface area contributed by atoms with Gasteiger partial charge in [-0.1, -0.05) is 11.6 Å². The zero-order valence-electron chi connectivity index (χ0n) is 11.2. The third kappa shape index (κ3) is 2.82. The van der Waals surface area contributed by atoms with Gasteiger partial charge in [-0.3, -0.25) is 4.79 Å². The Kier molecular flexibility index (Phi) is 3.51. The molecule has 1 aliphatic carbocycles. The normalized spacial score (nSPS) is 14.2. The standard InChI is InChI=1S/C14H13ClN2O3S/c1-7-4-10(14(19)20)13(21-7)16-12(18)11-5-8(15)6-17(11)9-2-3-9/h4-6,9H,2-3H2,1H3,(H,16,18)(H,19,20). The second kappa shape index (κ2) is 5.20. The summed E-state index contributed by atoms with van der Waals surface area (Å²) in [7, 11) is 0. The van der Waals surface area contributed by atoms with E-state index < -0.39 is 5.97 Å². The van der Waals surface area contributed by atoms with Gasteiger partial charge in [0, 0.05) is 17.1 Å². The number of carbonyl (C=O) groups excluding carboxylic acids is 1. The van der Waals surface area contributed by atoms with E-state index in [-0.39, 0.29) is 11.5 Å². The first kappa shape index (κ1) is 14.2. The number of halogens is 1. The maximum Gasteiger partial charge on any atom is 0.338 e. The predicted octanol–water partition coefficient (Wildman–Crippen LogP) is 3.80. The van der Waals surface area contributed by atoms with Crippen molar-refractivity contribution in [2.45, 2.75) is 25.8 Å². The third-order valence-corrected chi connectivity index (χ3v) is 4.47. The number of thiophene rings is 1. The minimum atomic E-state index is -1.05. The molecule has 0 radical (unpaired) electrons. The zero-order valence-corrected chi connectivity index (χ0v) is 12.8. The molecule has 0 spiro atoms. The minimum absolute atomic E-state index is 0.112. The Morgan fingerprint density at radius 1 is 1.43 bits per heavy atom. The molecule has 21 heavy (non-hydrogen) atoms. The summed E-state index contributed by atoms with van der Waals surface area (Å²) in [6.07, 6.45) is 3.81. The van der Waals surface area contributed by atoms with Crippen molar-refractivity contribution in [2.75, 3.05) is 5.32 Å². The second-order valence-electron chi connectivity index (χ2n) is 5.04. The highest BCUT2D eigenvalue weighted by molar-refractivity contribution is 7.16. The van der Waals surface area contributed by atoms with Crippen LogP contribution >= 0.6 is 22.9 Å². The molecule has 1 saturated carbocycles. The van der Waals surface area contributed by atoms with E-state index in [1.165, 1.54) is 11.3 Å². The van der Waals surface area contributed by atoms with Crippen LogP contribution in [0.4, 0.5) is 5.00 Å². The molecule has 2 aromatic rings. The number of aromatic nitrogens is 1. The highest BCUT2D eigenvalue weighted by atomic mass is 35.5. The van der Waals surface area contributed by atoms with Gasteiger partial charge < -0.3 is 15.0 Å². The van der Waals surface area contributed by atoms with Gasteiger partial charge in [0.1, 0.15) is 10.7 Å². The smallest absolute Gasteiger partial charge is 0.338 e. The Morgan fingerprint density at radius 3 is 2.76 bits per heavy atom. The Balaban J connectivity index is 1.88. The average Bonchev–Trinajstić information content (AvgIpc) is 3.08. The van der Waals surface area contributed by atoms with Crippen molar-refractivity contribution in [3.05, 3.63) is 39.5 Å². The summed E-state index contributed by atoms with van der Waals surface area (Å²) in [6.45, 7) is 1.80. The van der Waals surface area contributed by atoms with E-state index in [9.17, 15) is 9.59 Å². The number of hydrogen-bond donors (Lipinski definition) is 2. The van der Waals surface area contributed by atoms with E-state index in [1.54, 1.807) is 25.3 Å². The number of anilines is 1. The Morgan fingerprint density at radius 2 is 2.14 bits per heavy atom. The van der Waals surface area contributed by atoms with Crippen LogP contribution in [0.5, 0.6) is 0 Å². The summed E-state index contributed by atoms with van der Waals surface area (Å²) in [5.41, 5.74) is 0.575. The number of amides is 1. The number of nitrogens with one attached hydrogen (secondary N) is 1. The van der Waals surface area contributed by atoms with E-state index >= 15 is 0 Å². The van der Waals surface area contributed by atoms with Crippen LogP contribution in [0.15, 0.2) is 18.3 Å². The molecule has 0 bridgehead atoms. The fourth-order valence-electron chi connectivity index (χ4n) is 2.22. The maximum absolute atomic E-state index is 12.4. The summed E-state index contributed by atoms with van der Waals surface area (Å²) in [6, 6.07) is 3.48. The van der Waals surface area contributed by atoms with Gasteiger partial charge in [-0.05, 0) is 31.9 Å². The molecule has 0 atom stereocenters. The number of nitrogens with zero attached hydrogens (tertiary/aromatic N) is 1. The number of carbonyl (C=O) groups is 2. The summed E-state index contributed by atoms with van der Waals surface area (Å²) >= 11 is 7.23. The fraction of sp³-hybridized carbons (Fsp3) is 0.286. The van der Waals surface area contributed by atoms with Crippen LogP contribution in [-0.2, 0) is 0 Å². The molecule has 2 aromatic heterocycles. The van der Waals surface area contributed by atoms with Gasteiger partial charge in [-0.25, -0.2) is 4.79 Å². The maximum atomic E-state index is 12.4. The molecule has 0 aliphatic heterocycles. The molecule has 0 aromatic carbocycles. The molecular formula is C14H13ClN2O3S. The Hall–Kier alpha value is -1.79. The molecular weight excluding hydrogens is 312 g/mol. The number of aromatic carboxylic acids is 1. The number of hydrogen-bond acceptors (Lipinski definition) is 3. The predicted molar refractivity (Wildman–Crippen MR) is 81.7 cm³/mol. The molecule has 0 unspecified atom stereocenters. The van der Waals surface area contributed by atoms with Gasteiger partial charge in [-0.2, -0.15) is 0 Å². The molecule has 1 aliphatic rings. The van der Waals surface area contributed by atoms with E-state index in [0.29, 0.717) is 21.8 Å². The van der Waals surface area contributed by atoms with Crippen LogP contribution in [0.2, 0.25) is 5.02 Å². The molecule has 5 nitrogen and oxygen atoms in total. The number of aryl methyl sites for hydroxylation is 1. The second-order valence-corrected chi connectivity index (χ2v) is 6.73. The molecule has 2 heterocycles. The van der Waals surface area contributed by atoms with Crippen LogP contribution < -0.4 is 5.32 Å². The number of carboxylic acids is 1. The molecule has 7 heteroatoms. The van der Waals surface area contributed by atoms with Crippen LogP contribution in [0.1, 0.15) is 44.6 Å². The van der Waals surface area contributed by atoms with E-state index in [1.807, 2.05) is 4.57 Å². The zero-order chi connectivity index (χ0) is 15.1. The monoisotopic (exact) mass is 324 g/mol. The van der Waals surface area contributed by atoms with Crippen molar-refractivity contribution < 1.29 is 14.7 Å². The SMILES string of the molecule is Cc1cc(C(=O)O)c(NC(=O)c2cc(Cl)cn2C2CC2)s1. The number of rotatable bonds is 4. The van der Waals surface area contributed by atoms with Crippen molar-refractivity contribution >= 4 is 39.8 Å².